The summed E-state index contributed by atoms with van der Waals surface area (Å²) in [7, 11) is -9.91. The fourth-order valence-corrected chi connectivity index (χ4v) is 13.9. The first kappa shape index (κ1) is 97.1. The van der Waals surface area contributed by atoms with Gasteiger partial charge in [0, 0.05) is 25.7 Å². The fraction of sp³-hybridized carbons (Fsp3) is 0.950. The van der Waals surface area contributed by atoms with Crippen LogP contribution >= 0.6 is 15.6 Å². The zero-order valence-corrected chi connectivity index (χ0v) is 66.6. The minimum Gasteiger partial charge on any atom is -0.462 e. The van der Waals surface area contributed by atoms with Crippen LogP contribution in [0.15, 0.2) is 0 Å². The highest BCUT2D eigenvalue weighted by atomic mass is 31.2. The van der Waals surface area contributed by atoms with Gasteiger partial charge in [-0.05, 0) is 37.5 Å². The first-order chi connectivity index (χ1) is 47.9. The number of phosphoric acid groups is 2. The number of unbranched alkanes of at least 4 members (excludes halogenated alkanes) is 49. The zero-order valence-electron chi connectivity index (χ0n) is 64.8. The predicted molar refractivity (Wildman–Crippen MR) is 405 cm³/mol. The summed E-state index contributed by atoms with van der Waals surface area (Å²) < 4.78 is 68.6. The lowest BCUT2D eigenvalue weighted by Crippen LogP contribution is -2.30. The van der Waals surface area contributed by atoms with Gasteiger partial charge in [0.15, 0.2) is 12.2 Å². The molecule has 0 saturated heterocycles. The van der Waals surface area contributed by atoms with Gasteiger partial charge in [0.2, 0.25) is 0 Å². The van der Waals surface area contributed by atoms with E-state index in [1.807, 2.05) is 0 Å². The summed E-state index contributed by atoms with van der Waals surface area (Å²) in [4.78, 5) is 72.9. The summed E-state index contributed by atoms with van der Waals surface area (Å²) in [5, 5.41) is 10.6. The largest absolute Gasteiger partial charge is 0.472 e. The van der Waals surface area contributed by atoms with Crippen molar-refractivity contribution in [2.45, 2.75) is 439 Å². The molecule has 0 rings (SSSR count). The Hall–Kier alpha value is -1.94. The van der Waals surface area contributed by atoms with Crippen molar-refractivity contribution in [3.63, 3.8) is 0 Å². The Labute approximate surface area is 607 Å². The lowest BCUT2D eigenvalue weighted by atomic mass is 10.0. The molecule has 0 aromatic heterocycles. The zero-order chi connectivity index (χ0) is 72.8. The molecule has 0 heterocycles. The van der Waals surface area contributed by atoms with E-state index in [1.165, 1.54) is 238 Å². The quantitative estimate of drug-likeness (QED) is 0.0222. The summed E-state index contributed by atoms with van der Waals surface area (Å²) in [6.45, 7) is 9.57. The molecule has 19 heteroatoms. The SMILES string of the molecule is CCCCCCCCCCCCCCCCCCCCCCCC(=O)O[C@H](COC(=O)CCCCCCCCCCCCCCCCCC(C)C)COP(=O)(O)OC[C@@H](O)COP(=O)(O)OC[C@@H](COC(=O)CCCCCCCCCCCC)OC(=O)CCCCCCCCCC(C)C. The molecule has 0 aliphatic heterocycles. The lowest BCUT2D eigenvalue weighted by molar-refractivity contribution is -0.161. The van der Waals surface area contributed by atoms with E-state index in [9.17, 15) is 43.2 Å². The molecular formula is C80H156O17P2. The molecule has 0 aromatic rings. The van der Waals surface area contributed by atoms with Crippen LogP contribution in [0.25, 0.3) is 0 Å². The first-order valence-corrected chi connectivity index (χ1v) is 44.5. The number of ether oxygens (including phenoxy) is 4. The number of esters is 4. The van der Waals surface area contributed by atoms with E-state index in [2.05, 4.69) is 41.5 Å². The minimum absolute atomic E-state index is 0.104. The summed E-state index contributed by atoms with van der Waals surface area (Å²) in [5.74, 6) is -0.612. The van der Waals surface area contributed by atoms with Crippen molar-refractivity contribution in [2.75, 3.05) is 39.6 Å². The van der Waals surface area contributed by atoms with E-state index in [4.69, 9.17) is 37.0 Å². The van der Waals surface area contributed by atoms with E-state index < -0.39 is 97.5 Å². The van der Waals surface area contributed by atoms with Crippen LogP contribution in [-0.2, 0) is 65.4 Å². The normalized spacial score (nSPS) is 13.9. The molecule has 588 valence electrons. The number of phosphoric ester groups is 2. The predicted octanol–water partition coefficient (Wildman–Crippen LogP) is 23.9. The van der Waals surface area contributed by atoms with Gasteiger partial charge in [-0.2, -0.15) is 0 Å². The average molecular weight is 1450 g/mol. The van der Waals surface area contributed by atoms with Gasteiger partial charge in [-0.25, -0.2) is 9.13 Å². The van der Waals surface area contributed by atoms with Crippen molar-refractivity contribution < 1.29 is 80.2 Å². The van der Waals surface area contributed by atoms with Gasteiger partial charge in [-0.3, -0.25) is 37.3 Å². The molecule has 3 N–H and O–H groups in total. The number of aliphatic hydroxyl groups is 1. The Morgan fingerprint density at radius 1 is 0.273 bits per heavy atom. The van der Waals surface area contributed by atoms with E-state index in [0.29, 0.717) is 31.6 Å². The number of hydrogen-bond acceptors (Lipinski definition) is 15. The number of carbonyl (C=O) groups is 4. The summed E-state index contributed by atoms with van der Waals surface area (Å²) in [6, 6.07) is 0. The van der Waals surface area contributed by atoms with Crippen molar-refractivity contribution in [1.29, 1.82) is 0 Å². The monoisotopic (exact) mass is 1450 g/mol. The molecule has 0 spiro atoms. The van der Waals surface area contributed by atoms with E-state index >= 15 is 0 Å². The maximum Gasteiger partial charge on any atom is 0.472 e. The second-order valence-electron chi connectivity index (χ2n) is 29.8. The topological polar surface area (TPSA) is 237 Å². The van der Waals surface area contributed by atoms with Crippen molar-refractivity contribution in [1.82, 2.24) is 0 Å². The van der Waals surface area contributed by atoms with Crippen LogP contribution < -0.4 is 0 Å². The first-order valence-electron chi connectivity index (χ1n) is 41.5. The fourth-order valence-electron chi connectivity index (χ4n) is 12.4. The summed E-state index contributed by atoms with van der Waals surface area (Å²) in [6.07, 6.45) is 61.3. The highest BCUT2D eigenvalue weighted by Gasteiger charge is 2.30. The molecule has 0 bridgehead atoms. The van der Waals surface area contributed by atoms with Crippen molar-refractivity contribution in [2.24, 2.45) is 11.8 Å². The van der Waals surface area contributed by atoms with E-state index in [-0.39, 0.29) is 25.7 Å². The molecule has 0 aliphatic carbocycles. The van der Waals surface area contributed by atoms with Crippen LogP contribution in [0.5, 0.6) is 0 Å². The Morgan fingerprint density at radius 3 is 0.687 bits per heavy atom. The van der Waals surface area contributed by atoms with Crippen LogP contribution in [0.4, 0.5) is 0 Å². The van der Waals surface area contributed by atoms with Crippen molar-refractivity contribution in [3.8, 4) is 0 Å². The molecule has 0 amide bonds. The van der Waals surface area contributed by atoms with Crippen molar-refractivity contribution in [3.05, 3.63) is 0 Å². The molecule has 5 atom stereocenters. The smallest absolute Gasteiger partial charge is 0.462 e. The summed E-state index contributed by atoms with van der Waals surface area (Å²) in [5.41, 5.74) is 0. The average Bonchev–Trinajstić information content (AvgIpc) is 1.38. The van der Waals surface area contributed by atoms with Gasteiger partial charge in [-0.15, -0.1) is 0 Å². The van der Waals surface area contributed by atoms with Crippen LogP contribution in [0.2, 0.25) is 0 Å². The molecule has 0 radical (unpaired) electrons. The Morgan fingerprint density at radius 2 is 0.465 bits per heavy atom. The minimum atomic E-state index is -4.96. The van der Waals surface area contributed by atoms with Crippen molar-refractivity contribution >= 4 is 39.5 Å². The number of carbonyl (C=O) groups excluding carboxylic acids is 4. The van der Waals surface area contributed by atoms with Crippen LogP contribution in [0.3, 0.4) is 0 Å². The Balaban J connectivity index is 5.19. The van der Waals surface area contributed by atoms with Crippen LogP contribution in [-0.4, -0.2) is 96.7 Å². The Bertz CT molecular complexity index is 1910. The van der Waals surface area contributed by atoms with Gasteiger partial charge in [0.1, 0.15) is 19.3 Å². The maximum absolute atomic E-state index is 13.1. The molecule has 0 aromatic carbocycles. The number of hydrogen-bond donors (Lipinski definition) is 3. The van der Waals surface area contributed by atoms with Crippen LogP contribution in [0.1, 0.15) is 420 Å². The molecule has 99 heavy (non-hydrogen) atoms. The third-order valence-corrected chi connectivity index (χ3v) is 20.6. The lowest BCUT2D eigenvalue weighted by Gasteiger charge is -2.21. The Kier molecular flexibility index (Phi) is 70.3. The third-order valence-electron chi connectivity index (χ3n) is 18.7. The molecule has 0 saturated carbocycles. The van der Waals surface area contributed by atoms with E-state index in [0.717, 1.165) is 95.8 Å². The number of aliphatic hydroxyl groups excluding tert-OH is 1. The molecule has 2 unspecified atom stereocenters. The van der Waals surface area contributed by atoms with E-state index in [1.54, 1.807) is 0 Å². The van der Waals surface area contributed by atoms with Gasteiger partial charge < -0.3 is 33.8 Å². The van der Waals surface area contributed by atoms with Crippen LogP contribution in [0, 0.1) is 11.8 Å². The highest BCUT2D eigenvalue weighted by molar-refractivity contribution is 7.47. The molecular weight excluding hydrogens is 1290 g/mol. The summed E-state index contributed by atoms with van der Waals surface area (Å²) >= 11 is 0. The maximum atomic E-state index is 13.1. The molecule has 0 fully saturated rings. The molecule has 0 aliphatic rings. The van der Waals surface area contributed by atoms with Gasteiger partial charge in [-0.1, -0.05) is 369 Å². The standard InChI is InChI=1S/C80H156O17P2/c1-7-9-11-13-15-17-19-20-21-22-23-24-25-26-29-33-36-40-46-52-58-64-79(84)96-75(68-91-78(83)63-57-51-45-39-35-32-30-27-28-31-34-37-42-48-54-60-72(3)4)70-94-98(86,87)92-66-74(81)67-93-99(88,89)95-71-76(97-80(85)65-59-53-47-41-43-49-55-61-73(5)6)69-90-77(82)62-56-50-44-38-18-16-14-12-10-8-2/h72-76,81H,7-71H2,1-6H3,(H,86,87)(H,88,89)/t74-,75-,76-/m1/s1. The highest BCUT2D eigenvalue weighted by Crippen LogP contribution is 2.45. The molecule has 17 nitrogen and oxygen atoms in total. The van der Waals surface area contributed by atoms with Gasteiger partial charge >= 0.3 is 39.5 Å². The second-order valence-corrected chi connectivity index (χ2v) is 32.7. The van der Waals surface area contributed by atoms with Gasteiger partial charge in [0.25, 0.3) is 0 Å². The second kappa shape index (κ2) is 71.7. The van der Waals surface area contributed by atoms with Gasteiger partial charge in [0.05, 0.1) is 26.4 Å². The third kappa shape index (κ3) is 74.1. The number of rotatable bonds is 79.